The predicted octanol–water partition coefficient (Wildman–Crippen LogP) is 3.70. The second kappa shape index (κ2) is 4.05. The van der Waals surface area contributed by atoms with Crippen molar-refractivity contribution in [2.24, 2.45) is 0 Å². The molecule has 0 saturated heterocycles. The minimum Gasteiger partial charge on any atom is -0.478 e. The Labute approximate surface area is 97.1 Å². The van der Waals surface area contributed by atoms with Gasteiger partial charge in [0.2, 0.25) is 0 Å². The van der Waals surface area contributed by atoms with Crippen molar-refractivity contribution in [1.82, 2.24) is 0 Å². The molecule has 0 radical (unpaired) electrons. The van der Waals surface area contributed by atoms with Crippen LogP contribution in [0.15, 0.2) is 18.2 Å². The lowest BCUT2D eigenvalue weighted by molar-refractivity contribution is -0.138. The summed E-state index contributed by atoms with van der Waals surface area (Å²) in [6, 6.07) is 3.23. The van der Waals surface area contributed by atoms with Crippen molar-refractivity contribution in [3.8, 4) is 0 Å². The van der Waals surface area contributed by atoms with Gasteiger partial charge in [0.1, 0.15) is 0 Å². The van der Waals surface area contributed by atoms with Crippen LogP contribution in [-0.4, -0.2) is 11.1 Å². The molecule has 0 atom stereocenters. The van der Waals surface area contributed by atoms with Crippen LogP contribution in [0.1, 0.15) is 42.3 Å². The Bertz CT molecular complexity index is 442. The van der Waals surface area contributed by atoms with Crippen LogP contribution < -0.4 is 0 Å². The molecule has 0 aliphatic heterocycles. The van der Waals surface area contributed by atoms with Crippen molar-refractivity contribution in [3.63, 3.8) is 0 Å². The molecule has 1 aromatic rings. The molecule has 1 rings (SSSR count). The van der Waals surface area contributed by atoms with E-state index in [-0.39, 0.29) is 0 Å². The van der Waals surface area contributed by atoms with Crippen molar-refractivity contribution in [1.29, 1.82) is 0 Å². The van der Waals surface area contributed by atoms with Crippen LogP contribution >= 0.6 is 0 Å². The number of hydrogen-bond donors (Lipinski definition) is 1. The number of hydrogen-bond acceptors (Lipinski definition) is 1. The highest BCUT2D eigenvalue weighted by Crippen LogP contribution is 2.34. The fraction of sp³-hybridized carbons (Fsp3) is 0.417. The normalized spacial score (nSPS) is 12.6. The molecular weight excluding hydrogens is 233 g/mol. The molecule has 0 amide bonds. The summed E-state index contributed by atoms with van der Waals surface area (Å²) in [6.07, 6.45) is -4.65. The molecule has 0 aromatic heterocycles. The predicted molar refractivity (Wildman–Crippen MR) is 57.1 cm³/mol. The Morgan fingerprint density at radius 1 is 1.18 bits per heavy atom. The van der Waals surface area contributed by atoms with Gasteiger partial charge in [-0.2, -0.15) is 13.2 Å². The zero-order chi connectivity index (χ0) is 13.4. The molecule has 0 saturated carbocycles. The maximum atomic E-state index is 12.6. The molecule has 0 bridgehead atoms. The van der Waals surface area contributed by atoms with E-state index in [2.05, 4.69) is 0 Å². The zero-order valence-corrected chi connectivity index (χ0v) is 9.72. The van der Waals surface area contributed by atoms with Crippen LogP contribution in [0.5, 0.6) is 0 Å². The van der Waals surface area contributed by atoms with Crippen molar-refractivity contribution in [2.75, 3.05) is 0 Å². The zero-order valence-electron chi connectivity index (χ0n) is 9.72. The fourth-order valence-electron chi connectivity index (χ4n) is 1.43. The molecule has 0 aliphatic carbocycles. The topological polar surface area (TPSA) is 37.3 Å². The van der Waals surface area contributed by atoms with Crippen LogP contribution in [0.25, 0.3) is 0 Å². The fourth-order valence-corrected chi connectivity index (χ4v) is 1.43. The van der Waals surface area contributed by atoms with Gasteiger partial charge in [-0.25, -0.2) is 4.79 Å². The quantitative estimate of drug-likeness (QED) is 0.820. The van der Waals surface area contributed by atoms with E-state index in [0.29, 0.717) is 5.56 Å². The first-order valence-electron chi connectivity index (χ1n) is 4.98. The highest BCUT2D eigenvalue weighted by atomic mass is 19.4. The molecule has 2 nitrogen and oxygen atoms in total. The number of benzene rings is 1. The molecule has 1 aromatic carbocycles. The van der Waals surface area contributed by atoms with E-state index < -0.39 is 28.7 Å². The van der Waals surface area contributed by atoms with Crippen LogP contribution in [0.3, 0.4) is 0 Å². The van der Waals surface area contributed by atoms with E-state index in [4.69, 9.17) is 5.11 Å². The van der Waals surface area contributed by atoms with Crippen LogP contribution in [-0.2, 0) is 11.6 Å². The van der Waals surface area contributed by atoms with Gasteiger partial charge in [0.15, 0.2) is 0 Å². The van der Waals surface area contributed by atoms with E-state index in [1.54, 1.807) is 20.8 Å². The Morgan fingerprint density at radius 2 is 1.71 bits per heavy atom. The number of alkyl halides is 3. The first kappa shape index (κ1) is 13.5. The van der Waals surface area contributed by atoms with Gasteiger partial charge in [-0.15, -0.1) is 0 Å². The van der Waals surface area contributed by atoms with E-state index >= 15 is 0 Å². The maximum absolute atomic E-state index is 12.6. The van der Waals surface area contributed by atoms with E-state index in [0.717, 1.165) is 12.1 Å². The van der Waals surface area contributed by atoms with Crippen LogP contribution in [0, 0.1) is 0 Å². The lowest BCUT2D eigenvalue weighted by Gasteiger charge is -2.21. The smallest absolute Gasteiger partial charge is 0.417 e. The number of halogens is 3. The Hall–Kier alpha value is -1.52. The third kappa shape index (κ3) is 2.99. The van der Waals surface area contributed by atoms with Gasteiger partial charge < -0.3 is 5.11 Å². The maximum Gasteiger partial charge on any atom is 0.417 e. The summed E-state index contributed by atoms with van der Waals surface area (Å²) in [5, 5.41) is 8.82. The third-order valence-corrected chi connectivity index (χ3v) is 2.42. The van der Waals surface area contributed by atoms with E-state index in [9.17, 15) is 18.0 Å². The van der Waals surface area contributed by atoms with E-state index in [1.807, 2.05) is 0 Å². The molecule has 0 fully saturated rings. The number of carbonyl (C=O) groups is 1. The number of rotatable bonds is 1. The molecule has 94 valence electrons. The van der Waals surface area contributed by atoms with Crippen molar-refractivity contribution in [2.45, 2.75) is 32.4 Å². The van der Waals surface area contributed by atoms with Crippen molar-refractivity contribution >= 4 is 5.97 Å². The second-order valence-corrected chi connectivity index (χ2v) is 4.81. The molecule has 5 heteroatoms. The van der Waals surface area contributed by atoms with Gasteiger partial charge in [-0.3, -0.25) is 0 Å². The van der Waals surface area contributed by atoms with Gasteiger partial charge in [-0.1, -0.05) is 26.8 Å². The standard InChI is InChI=1S/C12H13F3O2/c1-11(2,3)7-4-5-9(12(13,14)15)8(6-7)10(16)17/h4-6H,1-3H3,(H,16,17). The molecular formula is C12H13F3O2. The Kier molecular flexibility index (Phi) is 3.23. The molecule has 17 heavy (non-hydrogen) atoms. The monoisotopic (exact) mass is 246 g/mol. The highest BCUT2D eigenvalue weighted by Gasteiger charge is 2.35. The summed E-state index contributed by atoms with van der Waals surface area (Å²) < 4.78 is 37.7. The summed E-state index contributed by atoms with van der Waals surface area (Å²) in [5.41, 5.74) is -1.65. The lowest BCUT2D eigenvalue weighted by atomic mass is 9.85. The van der Waals surface area contributed by atoms with Gasteiger partial charge >= 0.3 is 12.1 Å². The average Bonchev–Trinajstić information content (AvgIpc) is 2.14. The summed E-state index contributed by atoms with van der Waals surface area (Å²) >= 11 is 0. The van der Waals surface area contributed by atoms with Gasteiger partial charge in [0, 0.05) is 0 Å². The van der Waals surface area contributed by atoms with Gasteiger partial charge in [0.05, 0.1) is 11.1 Å². The first-order valence-corrected chi connectivity index (χ1v) is 4.98. The summed E-state index contributed by atoms with van der Waals surface area (Å²) in [5.74, 6) is -1.57. The van der Waals surface area contributed by atoms with Crippen LogP contribution in [0.4, 0.5) is 13.2 Å². The van der Waals surface area contributed by atoms with E-state index in [1.165, 1.54) is 6.07 Å². The molecule has 0 heterocycles. The number of aromatic carboxylic acids is 1. The van der Waals surface area contributed by atoms with Crippen molar-refractivity contribution < 1.29 is 23.1 Å². The molecule has 0 spiro atoms. The third-order valence-electron chi connectivity index (χ3n) is 2.42. The minimum absolute atomic E-state index is 0.395. The molecule has 0 aliphatic rings. The van der Waals surface area contributed by atoms with Crippen LogP contribution in [0.2, 0.25) is 0 Å². The summed E-state index contributed by atoms with van der Waals surface area (Å²) in [6.45, 7) is 5.42. The van der Waals surface area contributed by atoms with Gasteiger partial charge in [0.25, 0.3) is 0 Å². The number of carboxylic acid groups (broad SMARTS) is 1. The molecule has 0 unspecified atom stereocenters. The Morgan fingerprint density at radius 3 is 2.06 bits per heavy atom. The Balaban J connectivity index is 3.43. The minimum atomic E-state index is -4.65. The summed E-state index contributed by atoms with van der Waals surface area (Å²) in [7, 11) is 0. The largest absolute Gasteiger partial charge is 0.478 e. The highest BCUT2D eigenvalue weighted by molar-refractivity contribution is 5.90. The second-order valence-electron chi connectivity index (χ2n) is 4.81. The summed E-state index contributed by atoms with van der Waals surface area (Å²) in [4.78, 5) is 10.8. The lowest BCUT2D eigenvalue weighted by Crippen LogP contribution is -2.17. The number of carboxylic acids is 1. The molecule has 1 N–H and O–H groups in total. The van der Waals surface area contributed by atoms with Crippen molar-refractivity contribution in [3.05, 3.63) is 34.9 Å². The SMILES string of the molecule is CC(C)(C)c1ccc(C(F)(F)F)c(C(=O)O)c1. The average molecular weight is 246 g/mol. The van der Waals surface area contributed by atoms with Gasteiger partial charge in [-0.05, 0) is 23.1 Å². The first-order chi connectivity index (χ1) is 7.53.